The van der Waals surface area contributed by atoms with Gasteiger partial charge in [-0.15, -0.1) is 0 Å². The van der Waals surface area contributed by atoms with E-state index < -0.39 is 47.7 Å². The van der Waals surface area contributed by atoms with Crippen molar-refractivity contribution in [1.29, 1.82) is 0 Å². The van der Waals surface area contributed by atoms with E-state index in [2.05, 4.69) is 4.98 Å². The van der Waals surface area contributed by atoms with E-state index in [1.165, 1.54) is 4.90 Å². The van der Waals surface area contributed by atoms with Gasteiger partial charge in [0.05, 0.1) is 12.3 Å². The van der Waals surface area contributed by atoms with Gasteiger partial charge in [-0.3, -0.25) is 14.5 Å². The fourth-order valence-electron chi connectivity index (χ4n) is 5.40. The van der Waals surface area contributed by atoms with Crippen LogP contribution in [0.4, 0.5) is 5.69 Å². The number of amides is 1. The van der Waals surface area contributed by atoms with E-state index in [1.807, 2.05) is 24.3 Å². The predicted octanol–water partition coefficient (Wildman–Crippen LogP) is 0.458. The van der Waals surface area contributed by atoms with Crippen LogP contribution in [-0.2, 0) is 15.1 Å². The maximum absolute atomic E-state index is 13.9. The van der Waals surface area contributed by atoms with Gasteiger partial charge in [-0.1, -0.05) is 30.3 Å². The molecular formula is C22H18N2O6. The number of carbonyl (C=O) groups is 2. The van der Waals surface area contributed by atoms with Gasteiger partial charge >= 0.3 is 0 Å². The number of Topliss-reactive ketones (excluding diaryl/α,β-unsaturated/α-hetero) is 1. The highest BCUT2D eigenvalue weighted by atomic mass is 16.6. The normalized spacial score (nSPS) is 34.5. The van der Waals surface area contributed by atoms with Crippen LogP contribution in [0.5, 0.6) is 0 Å². The third kappa shape index (κ3) is 1.69. The maximum atomic E-state index is 13.9. The number of ether oxygens (including phenoxy) is 1. The Morgan fingerprint density at radius 1 is 1.10 bits per heavy atom. The number of para-hydroxylation sites is 2. The number of fused-ring (bicyclic) bond motifs is 6. The largest absolute Gasteiger partial charge is 0.394 e. The van der Waals surface area contributed by atoms with Gasteiger partial charge in [0, 0.05) is 28.2 Å². The summed E-state index contributed by atoms with van der Waals surface area (Å²) in [7, 11) is 0. The molecule has 4 N–H and O–H groups in total. The van der Waals surface area contributed by atoms with Gasteiger partial charge in [-0.05, 0) is 18.2 Å². The van der Waals surface area contributed by atoms with E-state index in [-0.39, 0.29) is 0 Å². The van der Waals surface area contributed by atoms with Crippen LogP contribution in [-0.4, -0.2) is 62.5 Å². The number of nitrogens with zero attached hydrogens (tertiary/aromatic N) is 1. The van der Waals surface area contributed by atoms with Crippen LogP contribution in [0.25, 0.3) is 10.9 Å². The van der Waals surface area contributed by atoms with Gasteiger partial charge < -0.3 is 25.0 Å². The molecule has 0 bridgehead atoms. The Bertz CT molecular complexity index is 1240. The molecule has 0 radical (unpaired) electrons. The van der Waals surface area contributed by atoms with Crippen molar-refractivity contribution in [1.82, 2.24) is 4.98 Å². The summed E-state index contributed by atoms with van der Waals surface area (Å²) >= 11 is 0. The van der Waals surface area contributed by atoms with Gasteiger partial charge in [0.1, 0.15) is 18.3 Å². The second kappa shape index (κ2) is 5.55. The zero-order valence-corrected chi connectivity index (χ0v) is 15.6. The van der Waals surface area contributed by atoms with Crippen molar-refractivity contribution in [2.45, 2.75) is 29.5 Å². The molecule has 0 aliphatic carbocycles. The highest BCUT2D eigenvalue weighted by molar-refractivity contribution is 6.26. The first-order valence-corrected chi connectivity index (χ1v) is 9.69. The minimum absolute atomic E-state index is 0.337. The van der Waals surface area contributed by atoms with E-state index in [9.17, 15) is 24.9 Å². The number of aromatic amines is 1. The van der Waals surface area contributed by atoms with Crippen molar-refractivity contribution in [3.05, 3.63) is 65.9 Å². The predicted molar refractivity (Wildman–Crippen MR) is 105 cm³/mol. The Morgan fingerprint density at radius 3 is 2.63 bits per heavy atom. The van der Waals surface area contributed by atoms with Gasteiger partial charge in [0.15, 0.2) is 11.3 Å². The van der Waals surface area contributed by atoms with E-state index in [4.69, 9.17) is 4.74 Å². The number of carbonyl (C=O) groups excluding carboxylic acids is 2. The number of aliphatic hydroxyl groups excluding tert-OH is 2. The fraction of sp³-hybridized carbons (Fsp3) is 0.273. The summed E-state index contributed by atoms with van der Waals surface area (Å²) < 4.78 is 5.86. The molecule has 3 aliphatic heterocycles. The number of ketones is 1. The molecule has 4 heterocycles. The van der Waals surface area contributed by atoms with Crippen LogP contribution < -0.4 is 4.90 Å². The lowest BCUT2D eigenvalue weighted by molar-refractivity contribution is -0.144. The zero-order chi connectivity index (χ0) is 20.8. The molecule has 1 amide bonds. The fourth-order valence-corrected chi connectivity index (χ4v) is 5.40. The van der Waals surface area contributed by atoms with Crippen LogP contribution in [0, 0.1) is 0 Å². The summed E-state index contributed by atoms with van der Waals surface area (Å²) in [6.07, 6.45) is -2.62. The molecule has 0 saturated carbocycles. The zero-order valence-electron chi connectivity index (χ0n) is 15.6. The van der Waals surface area contributed by atoms with Crippen molar-refractivity contribution in [3.8, 4) is 0 Å². The van der Waals surface area contributed by atoms with E-state index in [0.29, 0.717) is 22.2 Å². The smallest absolute Gasteiger partial charge is 0.265 e. The number of rotatable bonds is 2. The van der Waals surface area contributed by atoms with Gasteiger partial charge in [-0.2, -0.15) is 0 Å². The molecule has 3 aliphatic rings. The Balaban J connectivity index is 1.71. The number of aromatic nitrogens is 1. The number of H-pyrrole nitrogens is 1. The second-order valence-corrected chi connectivity index (χ2v) is 8.01. The summed E-state index contributed by atoms with van der Waals surface area (Å²) in [5.41, 5.74) is -2.15. The van der Waals surface area contributed by atoms with Crippen molar-refractivity contribution in [2.75, 3.05) is 11.5 Å². The lowest BCUT2D eigenvalue weighted by atomic mass is 9.76. The third-order valence-corrected chi connectivity index (χ3v) is 6.71. The summed E-state index contributed by atoms with van der Waals surface area (Å²) in [5.74, 6) is -1.22. The molecule has 1 unspecified atom stereocenters. The quantitative estimate of drug-likeness (QED) is 0.490. The molecule has 1 aromatic heterocycles. The Hall–Kier alpha value is -3.04. The molecule has 2 saturated heterocycles. The summed E-state index contributed by atoms with van der Waals surface area (Å²) in [6.45, 7) is -0.599. The lowest BCUT2D eigenvalue weighted by Gasteiger charge is -2.34. The van der Waals surface area contributed by atoms with Crippen molar-refractivity contribution < 1.29 is 29.6 Å². The number of hydrogen-bond donors (Lipinski definition) is 4. The molecule has 8 heteroatoms. The topological polar surface area (TPSA) is 123 Å². The molecule has 2 aromatic carbocycles. The molecular weight excluding hydrogens is 388 g/mol. The number of hydrogen-bond acceptors (Lipinski definition) is 6. The number of benzene rings is 2. The standard InChI is InChI=1S/C22H18N2O6/c25-10-16-18(27)22(29)19(30-16)21(13-9-23-14-7-3-1-5-11(13)14)17(26)12-6-2-4-8-15(12)24(21)20(22)28/h1-9,16,18-19,23,25,27,29H,10H2/t16-,18-,19+,21?,22-/m0/s1. The van der Waals surface area contributed by atoms with Crippen molar-refractivity contribution in [2.24, 2.45) is 0 Å². The Labute approximate surface area is 170 Å². The lowest BCUT2D eigenvalue weighted by Crippen LogP contribution is -2.54. The van der Waals surface area contributed by atoms with E-state index in [0.717, 1.165) is 5.52 Å². The number of nitrogens with one attached hydrogen (secondary N) is 1. The molecule has 5 atom stereocenters. The van der Waals surface area contributed by atoms with Crippen LogP contribution in [0.3, 0.4) is 0 Å². The molecule has 0 spiro atoms. The first kappa shape index (κ1) is 17.8. The van der Waals surface area contributed by atoms with Gasteiger partial charge in [0.2, 0.25) is 5.60 Å². The van der Waals surface area contributed by atoms with Gasteiger partial charge in [-0.25, -0.2) is 0 Å². The van der Waals surface area contributed by atoms with Crippen molar-refractivity contribution in [3.63, 3.8) is 0 Å². The molecule has 30 heavy (non-hydrogen) atoms. The monoisotopic (exact) mass is 406 g/mol. The number of anilines is 1. The van der Waals surface area contributed by atoms with Crippen LogP contribution in [0.15, 0.2) is 54.7 Å². The van der Waals surface area contributed by atoms with Crippen LogP contribution in [0.2, 0.25) is 0 Å². The highest BCUT2D eigenvalue weighted by Gasteiger charge is 2.80. The maximum Gasteiger partial charge on any atom is 0.265 e. The summed E-state index contributed by atoms with van der Waals surface area (Å²) in [6, 6.07) is 14.0. The molecule has 152 valence electrons. The first-order chi connectivity index (χ1) is 14.5. The molecule has 2 fully saturated rings. The summed E-state index contributed by atoms with van der Waals surface area (Å²) in [4.78, 5) is 31.9. The molecule has 8 nitrogen and oxygen atoms in total. The van der Waals surface area contributed by atoms with E-state index in [1.54, 1.807) is 30.5 Å². The van der Waals surface area contributed by atoms with E-state index >= 15 is 0 Å². The minimum Gasteiger partial charge on any atom is -0.394 e. The first-order valence-electron chi connectivity index (χ1n) is 9.69. The molecule has 6 rings (SSSR count). The minimum atomic E-state index is -2.37. The average molecular weight is 406 g/mol. The number of aliphatic hydroxyl groups is 3. The van der Waals surface area contributed by atoms with Gasteiger partial charge in [0.25, 0.3) is 5.91 Å². The average Bonchev–Trinajstić information content (AvgIpc) is 3.43. The second-order valence-electron chi connectivity index (χ2n) is 8.01. The van der Waals surface area contributed by atoms with Crippen LogP contribution >= 0.6 is 0 Å². The third-order valence-electron chi connectivity index (χ3n) is 6.71. The SMILES string of the molecule is O=C1c2ccccc2N2C(=O)[C@@]3(O)[C@H](O[C@@H](CO)[C@@H]3O)C12c1c[nH]c2ccccc12. The highest BCUT2D eigenvalue weighted by Crippen LogP contribution is 2.59. The molecule has 3 aromatic rings. The van der Waals surface area contributed by atoms with Crippen molar-refractivity contribution >= 4 is 28.3 Å². The Morgan fingerprint density at radius 2 is 1.83 bits per heavy atom. The summed E-state index contributed by atoms with van der Waals surface area (Å²) in [5, 5.41) is 32.5. The van der Waals surface area contributed by atoms with Crippen LogP contribution in [0.1, 0.15) is 15.9 Å². The Kier molecular flexibility index (Phi) is 3.29.